The Morgan fingerprint density at radius 1 is 1.60 bits per heavy atom. The maximum Gasteiger partial charge on any atom is 0.0798 e. The van der Waals surface area contributed by atoms with E-state index in [4.69, 9.17) is 0 Å². The van der Waals surface area contributed by atoms with Crippen molar-refractivity contribution in [3.05, 3.63) is 16.1 Å². The molecule has 1 aromatic heterocycles. The smallest absolute Gasteiger partial charge is 0.0798 e. The molecule has 2 nitrogen and oxygen atoms in total. The molecule has 0 bridgehead atoms. The van der Waals surface area contributed by atoms with Gasteiger partial charge in [0, 0.05) is 24.4 Å². The summed E-state index contributed by atoms with van der Waals surface area (Å²) in [6.45, 7) is 2.12. The summed E-state index contributed by atoms with van der Waals surface area (Å²) in [6.07, 6.45) is 1.11. The second-order valence-corrected chi connectivity index (χ2v) is 3.09. The van der Waals surface area contributed by atoms with Crippen LogP contribution >= 0.6 is 23.7 Å². The quantitative estimate of drug-likeness (QED) is 0.643. The average Bonchev–Trinajstić information content (AvgIpc) is 2.33. The Morgan fingerprint density at radius 3 is 3.30 bits per heavy atom. The van der Waals surface area contributed by atoms with Gasteiger partial charge in [0.2, 0.25) is 0 Å². The highest BCUT2D eigenvalue weighted by molar-refractivity contribution is 7.09. The molecule has 1 aliphatic heterocycles. The molecule has 0 atom stereocenters. The molecule has 0 unspecified atom stereocenters. The van der Waals surface area contributed by atoms with Crippen molar-refractivity contribution in [3.8, 4) is 0 Å². The standard InChI is InChI=1S/C6H8N2S.ClH/c1-2-7-3-6-5(1)8-4-9-6;/h4,7H,1-3H2;1H. The van der Waals surface area contributed by atoms with Crippen molar-refractivity contribution >= 4 is 23.7 Å². The van der Waals surface area contributed by atoms with Gasteiger partial charge in [-0.1, -0.05) is 0 Å². The van der Waals surface area contributed by atoms with Crippen LogP contribution in [0.15, 0.2) is 5.51 Å². The first-order chi connectivity index (χ1) is 4.47. The van der Waals surface area contributed by atoms with Gasteiger partial charge >= 0.3 is 0 Å². The average molecular weight is 177 g/mol. The number of hydrogen-bond donors (Lipinski definition) is 1. The minimum absolute atomic E-state index is 0. The van der Waals surface area contributed by atoms with E-state index in [1.807, 2.05) is 5.51 Å². The first kappa shape index (κ1) is 7.98. The van der Waals surface area contributed by atoms with E-state index in [1.165, 1.54) is 10.6 Å². The molecule has 0 saturated carbocycles. The highest BCUT2D eigenvalue weighted by Gasteiger charge is 2.09. The van der Waals surface area contributed by atoms with Gasteiger partial charge in [-0.2, -0.15) is 0 Å². The molecule has 0 fully saturated rings. The van der Waals surface area contributed by atoms with Gasteiger partial charge in [0.15, 0.2) is 0 Å². The molecular weight excluding hydrogens is 168 g/mol. The van der Waals surface area contributed by atoms with Crippen molar-refractivity contribution in [1.82, 2.24) is 10.3 Å². The molecule has 4 heteroatoms. The summed E-state index contributed by atoms with van der Waals surface area (Å²) in [6, 6.07) is 0. The maximum atomic E-state index is 4.24. The van der Waals surface area contributed by atoms with E-state index in [0.717, 1.165) is 19.5 Å². The highest BCUT2D eigenvalue weighted by Crippen LogP contribution is 2.15. The van der Waals surface area contributed by atoms with Crippen LogP contribution in [0.25, 0.3) is 0 Å². The van der Waals surface area contributed by atoms with Crippen LogP contribution in [0.3, 0.4) is 0 Å². The molecule has 0 radical (unpaired) electrons. The van der Waals surface area contributed by atoms with Crippen LogP contribution in [0.1, 0.15) is 10.6 Å². The number of aromatic nitrogens is 1. The lowest BCUT2D eigenvalue weighted by molar-refractivity contribution is 0.644. The fraction of sp³-hybridized carbons (Fsp3) is 0.500. The normalized spacial score (nSPS) is 15.6. The molecule has 0 aliphatic carbocycles. The van der Waals surface area contributed by atoms with Crippen LogP contribution in [0.2, 0.25) is 0 Å². The molecule has 0 saturated heterocycles. The number of fused-ring (bicyclic) bond motifs is 1. The lowest BCUT2D eigenvalue weighted by Crippen LogP contribution is -2.22. The Labute approximate surface area is 70.1 Å². The van der Waals surface area contributed by atoms with Gasteiger partial charge < -0.3 is 5.32 Å². The topological polar surface area (TPSA) is 24.9 Å². The summed E-state index contributed by atoms with van der Waals surface area (Å²) in [4.78, 5) is 5.65. The van der Waals surface area contributed by atoms with Gasteiger partial charge in [0.05, 0.1) is 11.2 Å². The molecule has 10 heavy (non-hydrogen) atoms. The molecule has 0 amide bonds. The van der Waals surface area contributed by atoms with E-state index in [9.17, 15) is 0 Å². The fourth-order valence-electron chi connectivity index (χ4n) is 1.05. The first-order valence-electron chi connectivity index (χ1n) is 3.09. The Bertz CT molecular complexity index is 191. The van der Waals surface area contributed by atoms with Gasteiger partial charge in [-0.05, 0) is 0 Å². The van der Waals surface area contributed by atoms with Crippen LogP contribution in [0, 0.1) is 0 Å². The predicted molar refractivity (Wildman–Crippen MR) is 44.8 cm³/mol. The van der Waals surface area contributed by atoms with Crippen LogP contribution in [-0.2, 0) is 13.0 Å². The number of thiazole rings is 1. The molecule has 1 aromatic rings. The second-order valence-electron chi connectivity index (χ2n) is 2.15. The SMILES string of the molecule is Cl.c1nc2c(s1)CNCC2. The van der Waals surface area contributed by atoms with Crippen molar-refractivity contribution < 1.29 is 0 Å². The predicted octanol–water partition coefficient (Wildman–Crippen LogP) is 1.21. The second kappa shape index (κ2) is 3.32. The molecule has 2 rings (SSSR count). The summed E-state index contributed by atoms with van der Waals surface area (Å²) < 4.78 is 0. The van der Waals surface area contributed by atoms with Crippen LogP contribution in [-0.4, -0.2) is 11.5 Å². The van der Waals surface area contributed by atoms with Crippen LogP contribution < -0.4 is 5.32 Å². The zero-order valence-electron chi connectivity index (χ0n) is 5.46. The lowest BCUT2D eigenvalue weighted by Gasteiger charge is -2.09. The largest absolute Gasteiger partial charge is 0.311 e. The van der Waals surface area contributed by atoms with E-state index in [-0.39, 0.29) is 12.4 Å². The fourth-order valence-corrected chi connectivity index (χ4v) is 1.83. The molecule has 1 aliphatic rings. The number of nitrogens with one attached hydrogen (secondary N) is 1. The van der Waals surface area contributed by atoms with Gasteiger partial charge in [-0.15, -0.1) is 23.7 Å². The minimum Gasteiger partial charge on any atom is -0.311 e. The summed E-state index contributed by atoms with van der Waals surface area (Å²) >= 11 is 1.75. The number of halogens is 1. The Balaban J connectivity index is 0.000000500. The number of rotatable bonds is 0. The molecule has 0 aromatic carbocycles. The Morgan fingerprint density at radius 2 is 2.50 bits per heavy atom. The van der Waals surface area contributed by atoms with Crippen molar-refractivity contribution in [1.29, 1.82) is 0 Å². The van der Waals surface area contributed by atoms with E-state index in [2.05, 4.69) is 10.3 Å². The molecule has 56 valence electrons. The van der Waals surface area contributed by atoms with Gasteiger partial charge in [0.25, 0.3) is 0 Å². The third kappa shape index (κ3) is 1.31. The maximum absolute atomic E-state index is 4.24. The first-order valence-corrected chi connectivity index (χ1v) is 3.97. The zero-order valence-corrected chi connectivity index (χ0v) is 7.10. The lowest BCUT2D eigenvalue weighted by atomic mass is 10.2. The monoisotopic (exact) mass is 176 g/mol. The van der Waals surface area contributed by atoms with Gasteiger partial charge in [-0.25, -0.2) is 4.98 Å². The van der Waals surface area contributed by atoms with Crippen LogP contribution in [0.5, 0.6) is 0 Å². The Hall–Kier alpha value is -0.120. The van der Waals surface area contributed by atoms with Crippen molar-refractivity contribution in [2.75, 3.05) is 6.54 Å². The third-order valence-corrected chi connectivity index (χ3v) is 2.42. The highest BCUT2D eigenvalue weighted by atomic mass is 35.5. The van der Waals surface area contributed by atoms with Crippen molar-refractivity contribution in [2.24, 2.45) is 0 Å². The van der Waals surface area contributed by atoms with E-state index < -0.39 is 0 Å². The Kier molecular flexibility index (Phi) is 2.65. The molecular formula is C6H9ClN2S. The summed E-state index contributed by atoms with van der Waals surface area (Å²) in [7, 11) is 0. The number of nitrogens with zero attached hydrogens (tertiary/aromatic N) is 1. The van der Waals surface area contributed by atoms with E-state index in [0.29, 0.717) is 0 Å². The molecule has 2 heterocycles. The van der Waals surface area contributed by atoms with Crippen molar-refractivity contribution in [2.45, 2.75) is 13.0 Å². The third-order valence-electron chi connectivity index (χ3n) is 1.55. The summed E-state index contributed by atoms with van der Waals surface area (Å²) in [5.41, 5.74) is 3.23. The van der Waals surface area contributed by atoms with Crippen LogP contribution in [0.4, 0.5) is 0 Å². The summed E-state index contributed by atoms with van der Waals surface area (Å²) in [5.74, 6) is 0. The number of hydrogen-bond acceptors (Lipinski definition) is 3. The summed E-state index contributed by atoms with van der Waals surface area (Å²) in [5, 5.41) is 3.30. The molecule has 1 N–H and O–H groups in total. The zero-order chi connectivity index (χ0) is 6.10. The van der Waals surface area contributed by atoms with Gasteiger partial charge in [0.1, 0.15) is 0 Å². The minimum atomic E-state index is 0. The van der Waals surface area contributed by atoms with E-state index in [1.54, 1.807) is 11.3 Å². The van der Waals surface area contributed by atoms with Crippen molar-refractivity contribution in [3.63, 3.8) is 0 Å². The molecule has 0 spiro atoms. The van der Waals surface area contributed by atoms with E-state index >= 15 is 0 Å². The van der Waals surface area contributed by atoms with Gasteiger partial charge in [-0.3, -0.25) is 0 Å².